The molecular formula is C35H64O3. The maximum atomic E-state index is 11.6. The largest absolute Gasteiger partial charge is 0.455 e. The number of hydrogen-bond donors (Lipinski definition) is 0. The lowest BCUT2D eigenvalue weighted by atomic mass is 10.0. The molecular weight excluding hydrogens is 468 g/mol. The molecule has 3 atom stereocenters. The van der Waals surface area contributed by atoms with Gasteiger partial charge in [-0.2, -0.15) is 0 Å². The third-order valence-electron chi connectivity index (χ3n) is 8.71. The molecule has 2 heterocycles. The third kappa shape index (κ3) is 17.7. The number of epoxide rings is 1. The minimum atomic E-state index is -0.0931. The van der Waals surface area contributed by atoms with Gasteiger partial charge < -0.3 is 9.47 Å². The van der Waals surface area contributed by atoms with Crippen LogP contribution in [0.4, 0.5) is 0 Å². The summed E-state index contributed by atoms with van der Waals surface area (Å²) >= 11 is 0. The van der Waals surface area contributed by atoms with Gasteiger partial charge in [0.2, 0.25) is 0 Å². The van der Waals surface area contributed by atoms with E-state index in [-0.39, 0.29) is 12.1 Å². The van der Waals surface area contributed by atoms with Crippen LogP contribution in [0.2, 0.25) is 0 Å². The minimum Gasteiger partial charge on any atom is -0.455 e. The average molecular weight is 533 g/mol. The molecule has 0 N–H and O–H groups in total. The van der Waals surface area contributed by atoms with E-state index < -0.39 is 0 Å². The summed E-state index contributed by atoms with van der Waals surface area (Å²) in [5.41, 5.74) is 0.896. The number of ether oxygens (including phenoxy) is 2. The SMILES string of the molecule is CCCCCCCCCCCCCCCCCCC1OC1CCCCCCCCCCC1=C[C@H](C)OC1=O. The standard InChI is InChI=1S/C35H64O3/c1-3-4-5-6-7-8-9-10-11-12-13-14-15-19-22-25-28-33-34(38-33)29-26-23-20-17-16-18-21-24-27-32-30-31(2)37-35(32)36/h30-31,33-34H,3-29H2,1-2H3/t31-,33?,34?/m0/s1. The van der Waals surface area contributed by atoms with Gasteiger partial charge >= 0.3 is 5.97 Å². The van der Waals surface area contributed by atoms with Gasteiger partial charge in [-0.3, -0.25) is 0 Å². The molecule has 0 aliphatic carbocycles. The third-order valence-corrected chi connectivity index (χ3v) is 8.71. The molecule has 0 spiro atoms. The molecule has 2 rings (SSSR count). The number of carbonyl (C=O) groups excluding carboxylic acids is 1. The van der Waals surface area contributed by atoms with Crippen molar-refractivity contribution in [2.75, 3.05) is 0 Å². The lowest BCUT2D eigenvalue weighted by Gasteiger charge is -2.03. The second kappa shape index (κ2) is 22.9. The van der Waals surface area contributed by atoms with Gasteiger partial charge in [-0.15, -0.1) is 0 Å². The molecule has 2 unspecified atom stereocenters. The van der Waals surface area contributed by atoms with Crippen LogP contribution >= 0.6 is 0 Å². The number of carbonyl (C=O) groups is 1. The van der Waals surface area contributed by atoms with E-state index in [1.165, 1.54) is 161 Å². The Balaban J connectivity index is 1.21. The second-order valence-corrected chi connectivity index (χ2v) is 12.5. The zero-order valence-corrected chi connectivity index (χ0v) is 25.6. The summed E-state index contributed by atoms with van der Waals surface area (Å²) in [6.45, 7) is 4.23. The van der Waals surface area contributed by atoms with E-state index in [2.05, 4.69) is 6.92 Å². The highest BCUT2D eigenvalue weighted by Crippen LogP contribution is 2.32. The van der Waals surface area contributed by atoms with Crippen molar-refractivity contribution in [2.45, 2.75) is 206 Å². The lowest BCUT2D eigenvalue weighted by Crippen LogP contribution is -2.03. The van der Waals surface area contributed by atoms with Crippen LogP contribution in [0.5, 0.6) is 0 Å². The lowest BCUT2D eigenvalue weighted by molar-refractivity contribution is -0.139. The molecule has 0 aromatic carbocycles. The predicted octanol–water partition coefficient (Wildman–Crippen LogP) is 11.2. The van der Waals surface area contributed by atoms with Crippen molar-refractivity contribution >= 4 is 5.97 Å². The Kier molecular flexibility index (Phi) is 20.1. The fourth-order valence-corrected chi connectivity index (χ4v) is 6.12. The van der Waals surface area contributed by atoms with Crippen molar-refractivity contribution < 1.29 is 14.3 Å². The number of rotatable bonds is 28. The Morgan fingerprint density at radius 3 is 1.29 bits per heavy atom. The first-order chi connectivity index (χ1) is 18.7. The van der Waals surface area contributed by atoms with Crippen molar-refractivity contribution in [2.24, 2.45) is 0 Å². The quantitative estimate of drug-likeness (QED) is 0.0571. The smallest absolute Gasteiger partial charge is 0.334 e. The highest BCUT2D eigenvalue weighted by molar-refractivity contribution is 5.90. The molecule has 1 fully saturated rings. The van der Waals surface area contributed by atoms with Crippen molar-refractivity contribution in [1.82, 2.24) is 0 Å². The molecule has 0 saturated carbocycles. The van der Waals surface area contributed by atoms with E-state index in [1.54, 1.807) is 0 Å². The van der Waals surface area contributed by atoms with E-state index in [0.717, 1.165) is 18.4 Å². The zero-order valence-electron chi connectivity index (χ0n) is 25.6. The van der Waals surface area contributed by atoms with E-state index in [9.17, 15) is 4.79 Å². The van der Waals surface area contributed by atoms with Gasteiger partial charge in [-0.25, -0.2) is 4.79 Å². The molecule has 0 aromatic heterocycles. The Labute approximate surface area is 237 Å². The fourth-order valence-electron chi connectivity index (χ4n) is 6.12. The number of esters is 1. The highest BCUT2D eigenvalue weighted by atomic mass is 16.6. The molecule has 3 nitrogen and oxygen atoms in total. The molecule has 222 valence electrons. The maximum absolute atomic E-state index is 11.6. The summed E-state index contributed by atoms with van der Waals surface area (Å²) in [6.07, 6.45) is 40.1. The van der Waals surface area contributed by atoms with Gasteiger partial charge in [0.25, 0.3) is 0 Å². The number of hydrogen-bond acceptors (Lipinski definition) is 3. The van der Waals surface area contributed by atoms with Crippen LogP contribution in [0.1, 0.15) is 187 Å². The summed E-state index contributed by atoms with van der Waals surface area (Å²) in [7, 11) is 0. The van der Waals surface area contributed by atoms with Gasteiger partial charge in [0.05, 0.1) is 12.2 Å². The number of cyclic esters (lactones) is 1. The topological polar surface area (TPSA) is 38.8 Å². The van der Waals surface area contributed by atoms with Crippen molar-refractivity contribution in [1.29, 1.82) is 0 Å². The van der Waals surface area contributed by atoms with Crippen molar-refractivity contribution in [3.63, 3.8) is 0 Å². The van der Waals surface area contributed by atoms with Crippen LogP contribution in [0.15, 0.2) is 11.6 Å². The zero-order chi connectivity index (χ0) is 27.1. The van der Waals surface area contributed by atoms with Crippen molar-refractivity contribution in [3.8, 4) is 0 Å². The van der Waals surface area contributed by atoms with Crippen LogP contribution in [0.25, 0.3) is 0 Å². The predicted molar refractivity (Wildman–Crippen MR) is 163 cm³/mol. The Bertz CT molecular complexity index is 598. The van der Waals surface area contributed by atoms with Crippen LogP contribution in [0.3, 0.4) is 0 Å². The van der Waals surface area contributed by atoms with Crippen LogP contribution in [-0.2, 0) is 14.3 Å². The number of unbranched alkanes of at least 4 members (excludes halogenated alkanes) is 22. The molecule has 1 saturated heterocycles. The molecule has 0 radical (unpaired) electrons. The molecule has 38 heavy (non-hydrogen) atoms. The minimum absolute atomic E-state index is 0.0207. The first kappa shape index (κ1) is 33.4. The van der Waals surface area contributed by atoms with Crippen LogP contribution in [-0.4, -0.2) is 24.3 Å². The molecule has 0 aromatic rings. The summed E-state index contributed by atoms with van der Waals surface area (Å²) in [6, 6.07) is 0. The summed E-state index contributed by atoms with van der Waals surface area (Å²) in [5.74, 6) is -0.0931. The van der Waals surface area contributed by atoms with Gasteiger partial charge in [-0.1, -0.05) is 155 Å². The molecule has 0 bridgehead atoms. The van der Waals surface area contributed by atoms with E-state index >= 15 is 0 Å². The van der Waals surface area contributed by atoms with Crippen LogP contribution in [0, 0.1) is 0 Å². The summed E-state index contributed by atoms with van der Waals surface area (Å²) in [5, 5.41) is 0. The summed E-state index contributed by atoms with van der Waals surface area (Å²) < 4.78 is 11.1. The van der Waals surface area contributed by atoms with Gasteiger partial charge in [0.1, 0.15) is 6.10 Å². The summed E-state index contributed by atoms with van der Waals surface area (Å²) in [4.78, 5) is 11.6. The first-order valence-electron chi connectivity index (χ1n) is 17.3. The molecule has 3 heteroatoms. The maximum Gasteiger partial charge on any atom is 0.334 e. The normalized spacial score (nSPS) is 20.6. The molecule has 2 aliphatic rings. The Morgan fingerprint density at radius 1 is 0.553 bits per heavy atom. The molecule has 0 amide bonds. The highest BCUT2D eigenvalue weighted by Gasteiger charge is 2.36. The monoisotopic (exact) mass is 532 g/mol. The van der Waals surface area contributed by atoms with Crippen LogP contribution < -0.4 is 0 Å². The van der Waals surface area contributed by atoms with Gasteiger partial charge in [0, 0.05) is 5.57 Å². The molecule has 2 aliphatic heterocycles. The van der Waals surface area contributed by atoms with E-state index in [4.69, 9.17) is 9.47 Å². The first-order valence-corrected chi connectivity index (χ1v) is 17.3. The fraction of sp³-hybridized carbons (Fsp3) is 0.914. The van der Waals surface area contributed by atoms with Crippen molar-refractivity contribution in [3.05, 3.63) is 11.6 Å². The Hall–Kier alpha value is -0.830. The Morgan fingerprint density at radius 2 is 0.921 bits per heavy atom. The average Bonchev–Trinajstić information content (AvgIpc) is 3.58. The van der Waals surface area contributed by atoms with E-state index in [1.807, 2.05) is 13.0 Å². The van der Waals surface area contributed by atoms with Gasteiger partial charge in [0.15, 0.2) is 0 Å². The second-order valence-electron chi connectivity index (χ2n) is 12.5. The van der Waals surface area contributed by atoms with E-state index in [0.29, 0.717) is 12.2 Å². The van der Waals surface area contributed by atoms with Gasteiger partial charge in [-0.05, 0) is 38.7 Å².